The standard InChI is InChI=1S/C23H28O6/c1-2-9-19(24)16-20(25)14-15-21(28-22(26)17-10-5-3-6-11-17)29-23(27)18-12-7-4-8-13-18/h3-8,10-13,19-21,24-25H,2,9,14-16H2,1H3. The molecule has 0 amide bonds. The molecule has 0 aromatic heterocycles. The first kappa shape index (κ1) is 22.6. The van der Waals surface area contributed by atoms with Crippen LogP contribution in [0.25, 0.3) is 0 Å². The Labute approximate surface area is 171 Å². The van der Waals surface area contributed by atoms with Gasteiger partial charge in [0.1, 0.15) is 0 Å². The molecule has 0 saturated carbocycles. The molecule has 2 aromatic carbocycles. The molecule has 2 atom stereocenters. The van der Waals surface area contributed by atoms with Gasteiger partial charge in [0.2, 0.25) is 6.29 Å². The average molecular weight is 400 g/mol. The normalized spacial score (nSPS) is 13.0. The Kier molecular flexibility index (Phi) is 9.34. The number of benzene rings is 2. The molecule has 2 rings (SSSR count). The highest BCUT2D eigenvalue weighted by molar-refractivity contribution is 5.90. The van der Waals surface area contributed by atoms with E-state index in [2.05, 4.69) is 0 Å². The van der Waals surface area contributed by atoms with Crippen LogP contribution in [0.4, 0.5) is 0 Å². The zero-order chi connectivity index (χ0) is 21.1. The second-order valence-electron chi connectivity index (χ2n) is 6.88. The lowest BCUT2D eigenvalue weighted by atomic mass is 10.0. The Hall–Kier alpha value is -2.70. The maximum atomic E-state index is 12.4. The van der Waals surface area contributed by atoms with Crippen molar-refractivity contribution in [2.45, 2.75) is 57.5 Å². The molecule has 0 heterocycles. The van der Waals surface area contributed by atoms with Crippen molar-refractivity contribution in [2.24, 2.45) is 0 Å². The summed E-state index contributed by atoms with van der Waals surface area (Å²) >= 11 is 0. The Morgan fingerprint density at radius 1 is 0.759 bits per heavy atom. The first-order valence-corrected chi connectivity index (χ1v) is 9.87. The van der Waals surface area contributed by atoms with Crippen molar-refractivity contribution in [1.82, 2.24) is 0 Å². The van der Waals surface area contributed by atoms with Crippen LogP contribution in [0.5, 0.6) is 0 Å². The first-order chi connectivity index (χ1) is 14.0. The number of carbonyl (C=O) groups is 2. The highest BCUT2D eigenvalue weighted by Crippen LogP contribution is 2.16. The molecule has 6 heteroatoms. The van der Waals surface area contributed by atoms with Crippen LogP contribution in [0, 0.1) is 0 Å². The van der Waals surface area contributed by atoms with Gasteiger partial charge < -0.3 is 19.7 Å². The summed E-state index contributed by atoms with van der Waals surface area (Å²) in [6, 6.07) is 16.8. The van der Waals surface area contributed by atoms with E-state index in [1.807, 2.05) is 6.92 Å². The van der Waals surface area contributed by atoms with E-state index in [0.29, 0.717) is 17.5 Å². The summed E-state index contributed by atoms with van der Waals surface area (Å²) < 4.78 is 10.8. The van der Waals surface area contributed by atoms with Gasteiger partial charge in [0.05, 0.1) is 23.3 Å². The molecule has 0 radical (unpaired) electrons. The summed E-state index contributed by atoms with van der Waals surface area (Å²) in [7, 11) is 0. The largest absolute Gasteiger partial charge is 0.422 e. The molecular formula is C23H28O6. The number of ether oxygens (including phenoxy) is 2. The van der Waals surface area contributed by atoms with Crippen molar-refractivity contribution < 1.29 is 29.3 Å². The van der Waals surface area contributed by atoms with E-state index in [1.165, 1.54) is 0 Å². The van der Waals surface area contributed by atoms with Crippen LogP contribution in [-0.4, -0.2) is 40.6 Å². The first-order valence-electron chi connectivity index (χ1n) is 9.87. The maximum absolute atomic E-state index is 12.4. The molecule has 0 spiro atoms. The Morgan fingerprint density at radius 2 is 1.21 bits per heavy atom. The van der Waals surface area contributed by atoms with E-state index in [4.69, 9.17) is 9.47 Å². The van der Waals surface area contributed by atoms with Crippen LogP contribution in [0.15, 0.2) is 60.7 Å². The van der Waals surface area contributed by atoms with E-state index < -0.39 is 30.4 Å². The zero-order valence-corrected chi connectivity index (χ0v) is 16.6. The van der Waals surface area contributed by atoms with Gasteiger partial charge in [0, 0.05) is 6.42 Å². The summed E-state index contributed by atoms with van der Waals surface area (Å²) in [6.45, 7) is 1.96. The van der Waals surface area contributed by atoms with Crippen LogP contribution in [0.2, 0.25) is 0 Å². The Balaban J connectivity index is 2.00. The van der Waals surface area contributed by atoms with E-state index >= 15 is 0 Å². The minimum absolute atomic E-state index is 0.122. The van der Waals surface area contributed by atoms with Gasteiger partial charge in [0.25, 0.3) is 0 Å². The number of hydrogen-bond donors (Lipinski definition) is 2. The monoisotopic (exact) mass is 400 g/mol. The number of esters is 2. The lowest BCUT2D eigenvalue weighted by molar-refractivity contribution is -0.0883. The van der Waals surface area contributed by atoms with Crippen molar-refractivity contribution in [2.75, 3.05) is 0 Å². The molecule has 0 aliphatic carbocycles. The van der Waals surface area contributed by atoms with Gasteiger partial charge in [-0.3, -0.25) is 0 Å². The SMILES string of the molecule is CCCC(O)CC(O)CCC(OC(=O)c1ccccc1)OC(=O)c1ccccc1. The van der Waals surface area contributed by atoms with E-state index in [1.54, 1.807) is 60.7 Å². The number of carbonyl (C=O) groups excluding carboxylic acids is 2. The molecule has 0 fully saturated rings. The minimum atomic E-state index is -1.15. The van der Waals surface area contributed by atoms with Crippen molar-refractivity contribution in [3.8, 4) is 0 Å². The van der Waals surface area contributed by atoms with E-state index in [0.717, 1.165) is 6.42 Å². The van der Waals surface area contributed by atoms with Crippen LogP contribution < -0.4 is 0 Å². The molecule has 29 heavy (non-hydrogen) atoms. The predicted molar refractivity (Wildman–Crippen MR) is 108 cm³/mol. The second-order valence-corrected chi connectivity index (χ2v) is 6.88. The summed E-state index contributed by atoms with van der Waals surface area (Å²) in [4.78, 5) is 24.7. The van der Waals surface area contributed by atoms with Gasteiger partial charge in [-0.25, -0.2) is 9.59 Å². The fourth-order valence-corrected chi connectivity index (χ4v) is 2.88. The van der Waals surface area contributed by atoms with Crippen LogP contribution >= 0.6 is 0 Å². The third-order valence-corrected chi connectivity index (χ3v) is 4.40. The van der Waals surface area contributed by atoms with Gasteiger partial charge in [-0.2, -0.15) is 0 Å². The van der Waals surface area contributed by atoms with E-state index in [-0.39, 0.29) is 19.3 Å². The zero-order valence-electron chi connectivity index (χ0n) is 16.6. The molecule has 0 aliphatic rings. The van der Waals surface area contributed by atoms with Gasteiger partial charge in [-0.05, 0) is 43.5 Å². The van der Waals surface area contributed by atoms with Gasteiger partial charge >= 0.3 is 11.9 Å². The smallest absolute Gasteiger partial charge is 0.341 e. The van der Waals surface area contributed by atoms with Crippen molar-refractivity contribution in [3.63, 3.8) is 0 Å². The fourth-order valence-electron chi connectivity index (χ4n) is 2.88. The van der Waals surface area contributed by atoms with E-state index in [9.17, 15) is 19.8 Å². The van der Waals surface area contributed by atoms with Crippen molar-refractivity contribution in [1.29, 1.82) is 0 Å². The number of aliphatic hydroxyl groups is 2. The van der Waals surface area contributed by atoms with Crippen LogP contribution in [-0.2, 0) is 9.47 Å². The third kappa shape index (κ3) is 8.05. The average Bonchev–Trinajstić information content (AvgIpc) is 2.73. The fraction of sp³-hybridized carbons (Fsp3) is 0.391. The Morgan fingerprint density at radius 3 is 1.66 bits per heavy atom. The molecule has 6 nitrogen and oxygen atoms in total. The Bertz CT molecular complexity index is 693. The third-order valence-electron chi connectivity index (χ3n) is 4.40. The minimum Gasteiger partial charge on any atom is -0.422 e. The molecule has 0 aliphatic heterocycles. The molecule has 2 N–H and O–H groups in total. The lowest BCUT2D eigenvalue weighted by Crippen LogP contribution is -2.27. The molecule has 2 unspecified atom stereocenters. The van der Waals surface area contributed by atoms with Gasteiger partial charge in [-0.15, -0.1) is 0 Å². The summed E-state index contributed by atoms with van der Waals surface area (Å²) in [5, 5.41) is 20.0. The van der Waals surface area contributed by atoms with Gasteiger partial charge in [0.15, 0.2) is 0 Å². The lowest BCUT2D eigenvalue weighted by Gasteiger charge is -2.21. The number of rotatable bonds is 11. The second kappa shape index (κ2) is 12.0. The van der Waals surface area contributed by atoms with Crippen LogP contribution in [0.3, 0.4) is 0 Å². The predicted octanol–water partition coefficient (Wildman–Crippen LogP) is 3.72. The number of aliphatic hydroxyl groups excluding tert-OH is 2. The van der Waals surface area contributed by atoms with Crippen molar-refractivity contribution >= 4 is 11.9 Å². The van der Waals surface area contributed by atoms with Crippen molar-refractivity contribution in [3.05, 3.63) is 71.8 Å². The molecule has 0 bridgehead atoms. The summed E-state index contributed by atoms with van der Waals surface area (Å²) in [5.41, 5.74) is 0.680. The molecule has 0 saturated heterocycles. The highest BCUT2D eigenvalue weighted by Gasteiger charge is 2.23. The summed E-state index contributed by atoms with van der Waals surface area (Å²) in [5.74, 6) is -1.23. The molecule has 156 valence electrons. The molecular weight excluding hydrogens is 372 g/mol. The highest BCUT2D eigenvalue weighted by atomic mass is 16.7. The quantitative estimate of drug-likeness (QED) is 0.441. The topological polar surface area (TPSA) is 93.1 Å². The van der Waals surface area contributed by atoms with Gasteiger partial charge in [-0.1, -0.05) is 49.7 Å². The maximum Gasteiger partial charge on any atom is 0.341 e. The number of hydrogen-bond acceptors (Lipinski definition) is 6. The summed E-state index contributed by atoms with van der Waals surface area (Å²) in [6.07, 6.45) is -0.538. The van der Waals surface area contributed by atoms with Crippen LogP contribution in [0.1, 0.15) is 59.7 Å². The molecule has 2 aromatic rings.